The molecule has 1 amide bonds. The van der Waals surface area contributed by atoms with Crippen LogP contribution in [0, 0.1) is 13.8 Å². The van der Waals surface area contributed by atoms with Gasteiger partial charge in [0.05, 0.1) is 5.69 Å². The molecule has 0 radical (unpaired) electrons. The minimum atomic E-state index is -1.09. The Morgan fingerprint density at radius 3 is 2.91 bits per heavy atom. The van der Waals surface area contributed by atoms with Crippen LogP contribution in [0.15, 0.2) is 20.8 Å². The van der Waals surface area contributed by atoms with Crippen molar-refractivity contribution in [1.29, 1.82) is 0 Å². The quantitative estimate of drug-likeness (QED) is 0.616. The highest BCUT2D eigenvalue weighted by molar-refractivity contribution is 8.01. The van der Waals surface area contributed by atoms with E-state index in [9.17, 15) is 14.7 Å². The standard InChI is InChI=1S/C13H15N3O4S2/c1-5-13(20-6(2)15-5)22-4-7-3-21-11-8(14)10(17)16(11)9(7)12(18)19/h8,11H,3-4,14H2,1-2H3,(H,18,19)/t8?,11-/m0/s1. The van der Waals surface area contributed by atoms with Gasteiger partial charge in [-0.05, 0) is 12.5 Å². The average Bonchev–Trinajstić information content (AvgIpc) is 2.80. The fourth-order valence-electron chi connectivity index (χ4n) is 2.49. The molecule has 118 valence electrons. The van der Waals surface area contributed by atoms with E-state index in [1.807, 2.05) is 6.92 Å². The number of aliphatic carboxylic acids is 1. The molecular weight excluding hydrogens is 326 g/mol. The number of carbonyl (C=O) groups excluding carboxylic acids is 1. The van der Waals surface area contributed by atoms with Gasteiger partial charge in [-0.15, -0.1) is 11.8 Å². The van der Waals surface area contributed by atoms with Crippen LogP contribution in [-0.4, -0.2) is 49.8 Å². The molecule has 1 unspecified atom stereocenters. The number of carboxylic acids is 1. The Labute approximate surface area is 135 Å². The number of thioether (sulfide) groups is 2. The Bertz CT molecular complexity index is 685. The summed E-state index contributed by atoms with van der Waals surface area (Å²) >= 11 is 2.89. The molecule has 3 heterocycles. The number of oxazole rings is 1. The first kappa shape index (κ1) is 15.4. The molecular formula is C13H15N3O4S2. The van der Waals surface area contributed by atoms with E-state index in [4.69, 9.17) is 10.2 Å². The molecule has 3 rings (SSSR count). The average molecular weight is 341 g/mol. The van der Waals surface area contributed by atoms with Crippen molar-refractivity contribution in [3.05, 3.63) is 22.9 Å². The summed E-state index contributed by atoms with van der Waals surface area (Å²) < 4.78 is 5.48. The molecule has 2 atom stereocenters. The van der Waals surface area contributed by atoms with Gasteiger partial charge in [-0.25, -0.2) is 9.78 Å². The van der Waals surface area contributed by atoms with E-state index < -0.39 is 12.0 Å². The lowest BCUT2D eigenvalue weighted by atomic mass is 10.0. The second kappa shape index (κ2) is 5.64. The van der Waals surface area contributed by atoms with Crippen molar-refractivity contribution in [3.63, 3.8) is 0 Å². The topological polar surface area (TPSA) is 110 Å². The summed E-state index contributed by atoms with van der Waals surface area (Å²) in [5.41, 5.74) is 7.26. The third-order valence-corrected chi connectivity index (χ3v) is 6.02. The van der Waals surface area contributed by atoms with E-state index in [0.717, 1.165) is 5.69 Å². The van der Waals surface area contributed by atoms with Crippen LogP contribution in [-0.2, 0) is 9.59 Å². The first-order valence-electron chi connectivity index (χ1n) is 6.62. The Morgan fingerprint density at radius 1 is 1.59 bits per heavy atom. The van der Waals surface area contributed by atoms with Gasteiger partial charge in [0.2, 0.25) is 5.91 Å². The van der Waals surface area contributed by atoms with Crippen LogP contribution >= 0.6 is 23.5 Å². The molecule has 2 aliphatic heterocycles. The maximum absolute atomic E-state index is 11.8. The number of amides is 1. The molecule has 1 fully saturated rings. The van der Waals surface area contributed by atoms with Crippen LogP contribution in [0.2, 0.25) is 0 Å². The van der Waals surface area contributed by atoms with Gasteiger partial charge >= 0.3 is 5.97 Å². The number of hydrogen-bond acceptors (Lipinski definition) is 7. The summed E-state index contributed by atoms with van der Waals surface area (Å²) in [7, 11) is 0. The van der Waals surface area contributed by atoms with Crippen molar-refractivity contribution in [3.8, 4) is 0 Å². The van der Waals surface area contributed by atoms with Crippen LogP contribution in [0.3, 0.4) is 0 Å². The van der Waals surface area contributed by atoms with E-state index in [2.05, 4.69) is 4.98 Å². The number of β-lactam (4-membered cyclic amide) rings is 1. The van der Waals surface area contributed by atoms with Crippen molar-refractivity contribution in [1.82, 2.24) is 9.88 Å². The Balaban J connectivity index is 1.83. The minimum absolute atomic E-state index is 0.0665. The summed E-state index contributed by atoms with van der Waals surface area (Å²) in [5.74, 6) is 0.142. The van der Waals surface area contributed by atoms with E-state index in [1.165, 1.54) is 28.4 Å². The predicted octanol–water partition coefficient (Wildman–Crippen LogP) is 0.965. The smallest absolute Gasteiger partial charge is 0.352 e. The van der Waals surface area contributed by atoms with Gasteiger partial charge < -0.3 is 15.3 Å². The van der Waals surface area contributed by atoms with Crippen molar-refractivity contribution < 1.29 is 19.1 Å². The molecule has 9 heteroatoms. The summed E-state index contributed by atoms with van der Waals surface area (Å²) in [6, 6.07) is -0.604. The summed E-state index contributed by atoms with van der Waals surface area (Å²) in [6.07, 6.45) is 0. The first-order valence-corrected chi connectivity index (χ1v) is 8.66. The fraction of sp³-hybridized carbons (Fsp3) is 0.462. The lowest BCUT2D eigenvalue weighted by Gasteiger charge is -2.48. The van der Waals surface area contributed by atoms with E-state index in [0.29, 0.717) is 28.1 Å². The molecule has 0 bridgehead atoms. The number of fused-ring (bicyclic) bond motifs is 1. The third-order valence-electron chi connectivity index (χ3n) is 3.53. The zero-order valence-electron chi connectivity index (χ0n) is 12.0. The van der Waals surface area contributed by atoms with Gasteiger partial charge in [-0.1, -0.05) is 11.8 Å². The Hall–Kier alpha value is -1.45. The maximum Gasteiger partial charge on any atom is 0.352 e. The fourth-order valence-corrected chi connectivity index (χ4v) is 4.89. The highest BCUT2D eigenvalue weighted by atomic mass is 32.2. The first-order chi connectivity index (χ1) is 10.4. The molecule has 1 aromatic heterocycles. The van der Waals surface area contributed by atoms with Crippen molar-refractivity contribution >= 4 is 35.4 Å². The number of aryl methyl sites for hydroxylation is 2. The SMILES string of the molecule is Cc1nc(C)c(SCC2=C(C(=O)O)N3C(=O)C(N)[C@@H]3SC2)o1. The lowest BCUT2D eigenvalue weighted by Crippen LogP contribution is -2.68. The second-order valence-corrected chi connectivity index (χ2v) is 7.14. The molecule has 0 aliphatic carbocycles. The zero-order chi connectivity index (χ0) is 16.0. The normalized spacial score (nSPS) is 24.3. The molecule has 7 nitrogen and oxygen atoms in total. The Morgan fingerprint density at radius 2 is 2.32 bits per heavy atom. The van der Waals surface area contributed by atoms with Crippen LogP contribution in [0.1, 0.15) is 11.6 Å². The number of nitrogens with zero attached hydrogens (tertiary/aromatic N) is 2. The van der Waals surface area contributed by atoms with E-state index in [-0.39, 0.29) is 17.0 Å². The van der Waals surface area contributed by atoms with Crippen LogP contribution in [0.25, 0.3) is 0 Å². The van der Waals surface area contributed by atoms with Gasteiger partial charge in [0.25, 0.3) is 0 Å². The Kier molecular flexibility index (Phi) is 3.96. The number of aromatic nitrogens is 1. The molecule has 3 N–H and O–H groups in total. The van der Waals surface area contributed by atoms with Crippen molar-refractivity contribution in [2.75, 3.05) is 11.5 Å². The molecule has 0 aromatic carbocycles. The molecule has 1 saturated heterocycles. The highest BCUT2D eigenvalue weighted by Crippen LogP contribution is 2.41. The predicted molar refractivity (Wildman–Crippen MR) is 82.4 cm³/mol. The zero-order valence-corrected chi connectivity index (χ0v) is 13.7. The molecule has 1 aromatic rings. The molecule has 2 aliphatic rings. The van der Waals surface area contributed by atoms with Crippen LogP contribution in [0.5, 0.6) is 0 Å². The van der Waals surface area contributed by atoms with Crippen LogP contribution in [0.4, 0.5) is 0 Å². The van der Waals surface area contributed by atoms with Gasteiger partial charge in [-0.3, -0.25) is 9.69 Å². The lowest BCUT2D eigenvalue weighted by molar-refractivity contribution is -0.147. The summed E-state index contributed by atoms with van der Waals surface area (Å²) in [5, 5.41) is 9.86. The number of carboxylic acid groups (broad SMARTS) is 1. The van der Waals surface area contributed by atoms with Crippen molar-refractivity contribution in [2.45, 2.75) is 30.4 Å². The van der Waals surface area contributed by atoms with Gasteiger partial charge in [0.1, 0.15) is 17.1 Å². The van der Waals surface area contributed by atoms with E-state index >= 15 is 0 Å². The third kappa shape index (κ3) is 2.42. The second-order valence-electron chi connectivity index (χ2n) is 5.09. The maximum atomic E-state index is 11.8. The van der Waals surface area contributed by atoms with Gasteiger partial charge in [-0.2, -0.15) is 0 Å². The number of nitrogens with two attached hydrogens (primary N) is 1. The van der Waals surface area contributed by atoms with Gasteiger partial charge in [0, 0.05) is 18.4 Å². The van der Waals surface area contributed by atoms with Crippen LogP contribution < -0.4 is 5.73 Å². The number of rotatable bonds is 4. The number of carbonyl (C=O) groups is 2. The monoisotopic (exact) mass is 341 g/mol. The summed E-state index contributed by atoms with van der Waals surface area (Å²) in [4.78, 5) is 28.9. The molecule has 22 heavy (non-hydrogen) atoms. The highest BCUT2D eigenvalue weighted by Gasteiger charge is 2.51. The molecule has 0 saturated carbocycles. The molecule has 0 spiro atoms. The van der Waals surface area contributed by atoms with Gasteiger partial charge in [0.15, 0.2) is 11.0 Å². The number of hydrogen-bond donors (Lipinski definition) is 2. The summed E-state index contributed by atoms with van der Waals surface area (Å²) in [6.45, 7) is 3.61. The minimum Gasteiger partial charge on any atom is -0.477 e. The van der Waals surface area contributed by atoms with E-state index in [1.54, 1.807) is 6.92 Å². The largest absolute Gasteiger partial charge is 0.477 e. The van der Waals surface area contributed by atoms with Crippen molar-refractivity contribution in [2.24, 2.45) is 5.73 Å².